The van der Waals surface area contributed by atoms with E-state index in [1.165, 1.54) is 22.4 Å². The van der Waals surface area contributed by atoms with E-state index in [-0.39, 0.29) is 22.2 Å². The second-order valence-corrected chi connectivity index (χ2v) is 8.51. The number of thioether (sulfide) groups is 1. The number of benzene rings is 1. The van der Waals surface area contributed by atoms with E-state index in [1.807, 2.05) is 6.92 Å². The SMILES string of the molecule is Cc1ccc(NC(=O)CSc2ncn[nH]2)c(S(=O)(=O)N2CCOCC2)c1. The van der Waals surface area contributed by atoms with Crippen LogP contribution in [0.1, 0.15) is 5.56 Å². The summed E-state index contributed by atoms with van der Waals surface area (Å²) in [4.78, 5) is 16.2. The molecule has 11 heteroatoms. The molecule has 0 atom stereocenters. The van der Waals surface area contributed by atoms with Gasteiger partial charge < -0.3 is 10.1 Å². The Kier molecular flexibility index (Phi) is 5.91. The lowest BCUT2D eigenvalue weighted by atomic mass is 10.2. The molecule has 1 saturated heterocycles. The molecule has 9 nitrogen and oxygen atoms in total. The third-order valence-electron chi connectivity index (χ3n) is 3.73. The summed E-state index contributed by atoms with van der Waals surface area (Å²) < 4.78 is 32.6. The number of ether oxygens (including phenoxy) is 1. The third-order valence-corrected chi connectivity index (χ3v) is 6.55. The summed E-state index contributed by atoms with van der Waals surface area (Å²) in [5, 5.41) is 9.56. The second-order valence-electron chi connectivity index (χ2n) is 5.64. The van der Waals surface area contributed by atoms with Crippen molar-refractivity contribution in [2.24, 2.45) is 0 Å². The zero-order chi connectivity index (χ0) is 18.6. The van der Waals surface area contributed by atoms with Gasteiger partial charge >= 0.3 is 0 Å². The number of amides is 1. The Balaban J connectivity index is 1.78. The Bertz CT molecular complexity index is 864. The number of morpholine rings is 1. The fourth-order valence-corrected chi connectivity index (χ4v) is 4.67. The molecule has 1 aromatic carbocycles. The molecule has 1 aromatic heterocycles. The minimum Gasteiger partial charge on any atom is -0.379 e. The van der Waals surface area contributed by atoms with E-state index in [0.717, 1.165) is 5.56 Å². The highest BCUT2D eigenvalue weighted by Crippen LogP contribution is 2.27. The zero-order valence-electron chi connectivity index (χ0n) is 14.1. The van der Waals surface area contributed by atoms with Crippen LogP contribution in [0.15, 0.2) is 34.6 Å². The standard InChI is InChI=1S/C15H19N5O4S2/c1-11-2-3-12(18-14(21)9-25-15-16-10-17-19-15)13(8-11)26(22,23)20-4-6-24-7-5-20/h2-3,8,10H,4-7,9H2,1H3,(H,18,21)(H,16,17,19). The third kappa shape index (κ3) is 4.41. The van der Waals surface area contributed by atoms with E-state index in [1.54, 1.807) is 18.2 Å². The van der Waals surface area contributed by atoms with Crippen LogP contribution in [0, 0.1) is 6.92 Å². The number of aromatic nitrogens is 3. The van der Waals surface area contributed by atoms with Gasteiger partial charge in [0.25, 0.3) is 0 Å². The maximum absolute atomic E-state index is 13.0. The molecule has 0 spiro atoms. The number of nitrogens with one attached hydrogen (secondary N) is 2. The first kappa shape index (κ1) is 18.8. The molecule has 2 N–H and O–H groups in total. The van der Waals surface area contributed by atoms with Gasteiger partial charge in [0.05, 0.1) is 24.7 Å². The zero-order valence-corrected chi connectivity index (χ0v) is 15.8. The average Bonchev–Trinajstić information content (AvgIpc) is 3.16. The van der Waals surface area contributed by atoms with Crippen molar-refractivity contribution in [1.29, 1.82) is 0 Å². The molecule has 0 unspecified atom stereocenters. The van der Waals surface area contributed by atoms with Crippen LogP contribution >= 0.6 is 11.8 Å². The van der Waals surface area contributed by atoms with Gasteiger partial charge in [-0.05, 0) is 24.6 Å². The second kappa shape index (κ2) is 8.16. The van der Waals surface area contributed by atoms with Crippen molar-refractivity contribution >= 4 is 33.4 Å². The van der Waals surface area contributed by atoms with Crippen molar-refractivity contribution in [3.05, 3.63) is 30.1 Å². The Morgan fingerprint density at radius 1 is 1.38 bits per heavy atom. The molecule has 1 amide bonds. The summed E-state index contributed by atoms with van der Waals surface area (Å²) in [5.41, 5.74) is 1.07. The number of hydrogen-bond donors (Lipinski definition) is 2. The highest BCUT2D eigenvalue weighted by molar-refractivity contribution is 7.99. The number of sulfonamides is 1. The van der Waals surface area contributed by atoms with Crippen molar-refractivity contribution in [2.45, 2.75) is 17.0 Å². The Hall–Kier alpha value is -1.95. The molecule has 2 heterocycles. The summed E-state index contributed by atoms with van der Waals surface area (Å²) in [6, 6.07) is 4.95. The van der Waals surface area contributed by atoms with Crippen LogP contribution in [0.2, 0.25) is 0 Å². The first-order valence-corrected chi connectivity index (χ1v) is 10.4. The molecule has 0 aliphatic carbocycles. The van der Waals surface area contributed by atoms with Crippen molar-refractivity contribution in [2.75, 3.05) is 37.4 Å². The molecule has 1 aliphatic rings. The number of aromatic amines is 1. The first-order valence-electron chi connectivity index (χ1n) is 7.93. The van der Waals surface area contributed by atoms with Crippen molar-refractivity contribution in [3.63, 3.8) is 0 Å². The minimum absolute atomic E-state index is 0.0834. The van der Waals surface area contributed by atoms with Gasteiger partial charge in [-0.15, -0.1) is 0 Å². The monoisotopic (exact) mass is 397 g/mol. The van der Waals surface area contributed by atoms with Gasteiger partial charge in [0.15, 0.2) is 5.16 Å². The molecule has 26 heavy (non-hydrogen) atoms. The largest absolute Gasteiger partial charge is 0.379 e. The van der Waals surface area contributed by atoms with E-state index in [4.69, 9.17) is 4.74 Å². The number of anilines is 1. The van der Waals surface area contributed by atoms with Crippen LogP contribution < -0.4 is 5.32 Å². The molecule has 140 valence electrons. The number of H-pyrrole nitrogens is 1. The highest BCUT2D eigenvalue weighted by Gasteiger charge is 2.29. The number of aryl methyl sites for hydroxylation is 1. The van der Waals surface area contributed by atoms with Crippen LogP contribution in [0.5, 0.6) is 0 Å². The van der Waals surface area contributed by atoms with Crippen LogP contribution in [0.25, 0.3) is 0 Å². The molecule has 2 aromatic rings. The summed E-state index contributed by atoms with van der Waals surface area (Å²) in [6.45, 7) is 3.13. The van der Waals surface area contributed by atoms with E-state index in [9.17, 15) is 13.2 Å². The number of carbonyl (C=O) groups excluding carboxylic acids is 1. The van der Waals surface area contributed by atoms with E-state index in [2.05, 4.69) is 20.5 Å². The summed E-state index contributed by atoms with van der Waals surface area (Å²) in [7, 11) is -3.72. The normalized spacial score (nSPS) is 15.7. The predicted octanol–water partition coefficient (Wildman–Crippen LogP) is 0.865. The van der Waals surface area contributed by atoms with Gasteiger partial charge in [0.2, 0.25) is 15.9 Å². The summed E-state index contributed by atoms with van der Waals surface area (Å²) >= 11 is 1.18. The fraction of sp³-hybridized carbons (Fsp3) is 0.400. The van der Waals surface area contributed by atoms with E-state index < -0.39 is 10.0 Å². The number of rotatable bonds is 6. The average molecular weight is 397 g/mol. The lowest BCUT2D eigenvalue weighted by Crippen LogP contribution is -2.41. The maximum Gasteiger partial charge on any atom is 0.245 e. The van der Waals surface area contributed by atoms with E-state index >= 15 is 0 Å². The maximum atomic E-state index is 13.0. The molecule has 0 saturated carbocycles. The smallest absolute Gasteiger partial charge is 0.245 e. The summed E-state index contributed by atoms with van der Waals surface area (Å²) in [5.74, 6) is -0.242. The Morgan fingerprint density at radius 2 is 2.15 bits per heavy atom. The van der Waals surface area contributed by atoms with Gasteiger partial charge in [-0.25, -0.2) is 13.4 Å². The van der Waals surface area contributed by atoms with E-state index in [0.29, 0.717) is 31.5 Å². The predicted molar refractivity (Wildman–Crippen MR) is 96.5 cm³/mol. The number of carbonyl (C=O) groups is 1. The van der Waals surface area contributed by atoms with Gasteiger partial charge in [0, 0.05) is 13.1 Å². The molecule has 0 bridgehead atoms. The van der Waals surface area contributed by atoms with Gasteiger partial charge in [0.1, 0.15) is 11.2 Å². The molecular formula is C15H19N5O4S2. The lowest BCUT2D eigenvalue weighted by molar-refractivity contribution is -0.113. The Labute approximate surface area is 155 Å². The van der Waals surface area contributed by atoms with Gasteiger partial charge in [-0.2, -0.15) is 9.40 Å². The first-order chi connectivity index (χ1) is 12.5. The van der Waals surface area contributed by atoms with Crippen LogP contribution in [0.3, 0.4) is 0 Å². The quantitative estimate of drug-likeness (QED) is 0.694. The molecule has 3 rings (SSSR count). The van der Waals surface area contributed by atoms with Crippen molar-refractivity contribution in [3.8, 4) is 0 Å². The molecule has 0 radical (unpaired) electrons. The number of nitrogens with zero attached hydrogens (tertiary/aromatic N) is 3. The van der Waals surface area contributed by atoms with Crippen LogP contribution in [0.4, 0.5) is 5.69 Å². The Morgan fingerprint density at radius 3 is 2.85 bits per heavy atom. The topological polar surface area (TPSA) is 117 Å². The molecular weight excluding hydrogens is 378 g/mol. The molecule has 1 fully saturated rings. The van der Waals surface area contributed by atoms with Gasteiger partial charge in [-0.1, -0.05) is 17.8 Å². The lowest BCUT2D eigenvalue weighted by Gasteiger charge is -2.27. The fourth-order valence-electron chi connectivity index (χ4n) is 2.46. The van der Waals surface area contributed by atoms with Crippen molar-refractivity contribution in [1.82, 2.24) is 19.5 Å². The van der Waals surface area contributed by atoms with Crippen LogP contribution in [-0.4, -0.2) is 65.9 Å². The van der Waals surface area contributed by atoms with Crippen LogP contribution in [-0.2, 0) is 19.6 Å². The minimum atomic E-state index is -3.72. The highest BCUT2D eigenvalue weighted by atomic mass is 32.2. The molecule has 1 aliphatic heterocycles. The van der Waals surface area contributed by atoms with Crippen molar-refractivity contribution < 1.29 is 17.9 Å². The summed E-state index contributed by atoms with van der Waals surface area (Å²) in [6.07, 6.45) is 1.35. The number of hydrogen-bond acceptors (Lipinski definition) is 7. The van der Waals surface area contributed by atoms with Gasteiger partial charge in [-0.3, -0.25) is 9.89 Å².